The van der Waals surface area contributed by atoms with Crippen molar-refractivity contribution in [3.05, 3.63) is 0 Å². The van der Waals surface area contributed by atoms with Crippen molar-refractivity contribution >= 4 is 29.8 Å². The molecule has 0 aromatic heterocycles. The predicted molar refractivity (Wildman–Crippen MR) is 172 cm³/mol. The fourth-order valence-corrected chi connectivity index (χ4v) is 2.49. The zero-order valence-corrected chi connectivity index (χ0v) is 30.2. The van der Waals surface area contributed by atoms with Crippen molar-refractivity contribution in [1.82, 2.24) is 0 Å². The summed E-state index contributed by atoms with van der Waals surface area (Å²) in [5.41, 5.74) is 0. The van der Waals surface area contributed by atoms with E-state index in [1.807, 2.05) is 69.2 Å². The minimum Gasteiger partial charge on any atom is -0.469 e. The molecule has 0 unspecified atom stereocenters. The zero-order valence-electron chi connectivity index (χ0n) is 30.2. The van der Waals surface area contributed by atoms with Crippen molar-refractivity contribution in [3.63, 3.8) is 0 Å². The van der Waals surface area contributed by atoms with Gasteiger partial charge in [0.1, 0.15) is 12.2 Å². The lowest BCUT2D eigenvalue weighted by molar-refractivity contribution is -0.157. The molecule has 2 saturated carbocycles. The highest BCUT2D eigenvalue weighted by Crippen LogP contribution is 2.23. The standard InChI is InChI=1S/2C8H14O2.C7H14O2.C6H12O2.C5H10O2/c2*1-6(2)8(9)10-7-4-3-5-7;1-5(2)7(8)9-6(3)4;1-4-8-6(7)5(2)3;1-4(2)5(6)7-3/h2*6-7H,3-5H2,1-2H3;5-6H,1-4H3;5H,4H2,1-3H3;4H,1-3H3. The molecule has 0 saturated heterocycles. The predicted octanol–water partition coefficient (Wildman–Crippen LogP) is 7.09. The average Bonchev–Trinajstić information content (AvgIpc) is 2.88. The van der Waals surface area contributed by atoms with E-state index in [-0.39, 0.29) is 77.7 Å². The van der Waals surface area contributed by atoms with Crippen molar-refractivity contribution in [2.75, 3.05) is 13.7 Å². The zero-order chi connectivity index (χ0) is 35.0. The quantitative estimate of drug-likeness (QED) is 0.192. The van der Waals surface area contributed by atoms with Gasteiger partial charge in [-0.05, 0) is 59.3 Å². The summed E-state index contributed by atoms with van der Waals surface area (Å²) >= 11 is 0. The Morgan fingerprint density at radius 1 is 0.523 bits per heavy atom. The van der Waals surface area contributed by atoms with E-state index in [0.717, 1.165) is 25.7 Å². The molecule has 0 bridgehead atoms. The summed E-state index contributed by atoms with van der Waals surface area (Å²) in [6.45, 7) is 24.3. The first-order valence-corrected chi connectivity index (χ1v) is 16.2. The topological polar surface area (TPSA) is 132 Å². The maximum absolute atomic E-state index is 10.9. The molecular weight excluding hydrogens is 568 g/mol. The first-order valence-electron chi connectivity index (χ1n) is 16.2. The number of carbonyl (C=O) groups is 5. The highest BCUT2D eigenvalue weighted by Gasteiger charge is 2.23. The highest BCUT2D eigenvalue weighted by atomic mass is 16.6. The van der Waals surface area contributed by atoms with Crippen LogP contribution in [0.2, 0.25) is 0 Å². The molecule has 2 fully saturated rings. The second-order valence-corrected chi connectivity index (χ2v) is 12.5. The van der Waals surface area contributed by atoms with Gasteiger partial charge >= 0.3 is 29.8 Å². The number of rotatable bonds is 9. The van der Waals surface area contributed by atoms with Gasteiger partial charge in [0.05, 0.1) is 49.4 Å². The second kappa shape index (κ2) is 26.7. The Bertz CT molecular complexity index is 760. The van der Waals surface area contributed by atoms with E-state index in [1.54, 1.807) is 20.8 Å². The lowest BCUT2D eigenvalue weighted by Gasteiger charge is -2.25. The van der Waals surface area contributed by atoms with Crippen molar-refractivity contribution in [2.45, 2.75) is 147 Å². The van der Waals surface area contributed by atoms with Crippen LogP contribution in [-0.2, 0) is 47.7 Å². The van der Waals surface area contributed by atoms with Crippen molar-refractivity contribution in [1.29, 1.82) is 0 Å². The van der Waals surface area contributed by atoms with Crippen molar-refractivity contribution in [3.8, 4) is 0 Å². The molecule has 0 aromatic carbocycles. The van der Waals surface area contributed by atoms with Crippen LogP contribution >= 0.6 is 0 Å². The van der Waals surface area contributed by atoms with Gasteiger partial charge in [-0.15, -0.1) is 0 Å². The molecule has 0 spiro atoms. The molecule has 2 rings (SSSR count). The lowest BCUT2D eigenvalue weighted by Crippen LogP contribution is -2.27. The second-order valence-electron chi connectivity index (χ2n) is 12.5. The SMILES string of the molecule is CC(C)C(=O)OC1CCC1.CC(C)C(=O)OC1CCC1.CC(C)OC(=O)C(C)C.CCOC(=O)C(C)C.COC(=O)C(C)C. The van der Waals surface area contributed by atoms with Crippen LogP contribution in [0.5, 0.6) is 0 Å². The van der Waals surface area contributed by atoms with E-state index in [4.69, 9.17) is 14.2 Å². The molecule has 0 heterocycles. The molecule has 0 amide bonds. The van der Waals surface area contributed by atoms with E-state index < -0.39 is 0 Å². The maximum atomic E-state index is 10.9. The van der Waals surface area contributed by atoms with Crippen LogP contribution in [0.4, 0.5) is 0 Å². The van der Waals surface area contributed by atoms with Gasteiger partial charge in [-0.1, -0.05) is 69.2 Å². The fourth-order valence-electron chi connectivity index (χ4n) is 2.49. The maximum Gasteiger partial charge on any atom is 0.308 e. The third kappa shape index (κ3) is 26.9. The molecule has 2 aliphatic rings. The molecule has 0 N–H and O–H groups in total. The van der Waals surface area contributed by atoms with Gasteiger partial charge in [0.15, 0.2) is 0 Å². The Kier molecular flexibility index (Phi) is 27.8. The number of esters is 5. The summed E-state index contributed by atoms with van der Waals surface area (Å²) < 4.78 is 24.1. The molecular formula is C34H64O10. The number of carbonyl (C=O) groups excluding carboxylic acids is 5. The lowest BCUT2D eigenvalue weighted by atomic mass is 9.96. The normalized spacial score (nSPS) is 13.8. The van der Waals surface area contributed by atoms with Gasteiger partial charge in [0.2, 0.25) is 0 Å². The third-order valence-electron chi connectivity index (χ3n) is 5.87. The van der Waals surface area contributed by atoms with E-state index >= 15 is 0 Å². The molecule has 10 nitrogen and oxygen atoms in total. The Balaban J connectivity index is -0.000000481. The Morgan fingerprint density at radius 3 is 0.955 bits per heavy atom. The van der Waals surface area contributed by atoms with E-state index in [2.05, 4.69) is 9.47 Å². The monoisotopic (exact) mass is 632 g/mol. The summed E-state index contributed by atoms with van der Waals surface area (Å²) in [5, 5.41) is 0. The summed E-state index contributed by atoms with van der Waals surface area (Å²) in [6.07, 6.45) is 7.21. The first-order chi connectivity index (χ1) is 20.3. The molecule has 44 heavy (non-hydrogen) atoms. The Hall–Kier alpha value is -2.65. The minimum atomic E-state index is -0.153. The Labute approximate surface area is 267 Å². The molecule has 0 atom stereocenters. The van der Waals surface area contributed by atoms with Gasteiger partial charge in [-0.3, -0.25) is 24.0 Å². The third-order valence-corrected chi connectivity index (χ3v) is 5.87. The molecule has 0 aliphatic heterocycles. The van der Waals surface area contributed by atoms with E-state index in [1.165, 1.54) is 20.0 Å². The van der Waals surface area contributed by atoms with Gasteiger partial charge in [-0.2, -0.15) is 0 Å². The van der Waals surface area contributed by atoms with Crippen LogP contribution in [-0.4, -0.2) is 61.9 Å². The van der Waals surface area contributed by atoms with Crippen LogP contribution in [0.1, 0.15) is 129 Å². The number of methoxy groups -OCH3 is 1. The summed E-state index contributed by atoms with van der Waals surface area (Å²) in [7, 11) is 1.39. The van der Waals surface area contributed by atoms with Crippen LogP contribution in [0, 0.1) is 29.6 Å². The van der Waals surface area contributed by atoms with Crippen molar-refractivity contribution in [2.24, 2.45) is 29.6 Å². The minimum absolute atomic E-state index is 0.00463. The first kappa shape index (κ1) is 45.8. The Morgan fingerprint density at radius 2 is 0.841 bits per heavy atom. The molecule has 0 aromatic rings. The summed E-state index contributed by atoms with van der Waals surface area (Å²) in [5.74, 6) is -0.430. The van der Waals surface area contributed by atoms with Crippen LogP contribution in [0.25, 0.3) is 0 Å². The summed E-state index contributed by atoms with van der Waals surface area (Å²) in [6, 6.07) is 0. The van der Waals surface area contributed by atoms with E-state index in [9.17, 15) is 24.0 Å². The van der Waals surface area contributed by atoms with Gasteiger partial charge in [-0.25, -0.2) is 0 Å². The van der Waals surface area contributed by atoms with Gasteiger partial charge < -0.3 is 23.7 Å². The molecule has 0 radical (unpaired) electrons. The molecule has 10 heteroatoms. The number of hydrogen-bond acceptors (Lipinski definition) is 10. The van der Waals surface area contributed by atoms with Crippen LogP contribution in [0.15, 0.2) is 0 Å². The molecule has 2 aliphatic carbocycles. The van der Waals surface area contributed by atoms with Crippen molar-refractivity contribution < 1.29 is 47.7 Å². The average molecular weight is 633 g/mol. The van der Waals surface area contributed by atoms with Crippen LogP contribution in [0.3, 0.4) is 0 Å². The summed E-state index contributed by atoms with van der Waals surface area (Å²) in [4.78, 5) is 53.4. The van der Waals surface area contributed by atoms with Gasteiger partial charge in [0, 0.05) is 0 Å². The molecule has 260 valence electrons. The number of hydrogen-bond donors (Lipinski definition) is 0. The van der Waals surface area contributed by atoms with E-state index in [0.29, 0.717) is 6.61 Å². The smallest absolute Gasteiger partial charge is 0.308 e. The van der Waals surface area contributed by atoms with Crippen LogP contribution < -0.4 is 0 Å². The fraction of sp³-hybridized carbons (Fsp3) is 0.853. The largest absolute Gasteiger partial charge is 0.469 e. The van der Waals surface area contributed by atoms with Gasteiger partial charge in [0.25, 0.3) is 0 Å². The highest BCUT2D eigenvalue weighted by molar-refractivity contribution is 5.73. The number of ether oxygens (including phenoxy) is 5.